The summed E-state index contributed by atoms with van der Waals surface area (Å²) >= 11 is 0.135. The van der Waals surface area contributed by atoms with Crippen molar-refractivity contribution >= 4 is 49.9 Å². The maximum absolute atomic E-state index is 13.0. The number of thioether (sulfide) groups is 1. The van der Waals surface area contributed by atoms with Crippen molar-refractivity contribution in [2.45, 2.75) is 18.0 Å². The van der Waals surface area contributed by atoms with Crippen LogP contribution in [0, 0.1) is 12.3 Å². The third-order valence-electron chi connectivity index (χ3n) is 4.42. The number of para-hydroxylation sites is 1. The number of aliphatic imine (C=N–C) groups is 1. The molecule has 1 amide bonds. The SMILES string of the molecule is Cc1ccc(S(=O)(=O)Oc2ccccc2C=C2C(=N)N3N=C(C(F)(F)F)SC3=NC2=O)cc1. The van der Waals surface area contributed by atoms with Crippen LogP contribution in [0.1, 0.15) is 11.1 Å². The van der Waals surface area contributed by atoms with E-state index in [1.54, 1.807) is 19.1 Å². The van der Waals surface area contributed by atoms with Crippen LogP contribution in [0.2, 0.25) is 0 Å². The molecule has 0 unspecified atom stereocenters. The molecule has 0 atom stereocenters. The summed E-state index contributed by atoms with van der Waals surface area (Å²) in [5.74, 6) is -1.74. The van der Waals surface area contributed by atoms with Gasteiger partial charge in [-0.2, -0.15) is 36.7 Å². The number of alkyl halides is 3. The third-order valence-corrected chi connectivity index (χ3v) is 6.63. The number of halogens is 3. The van der Waals surface area contributed by atoms with Crippen molar-refractivity contribution in [3.8, 4) is 5.75 Å². The predicted molar refractivity (Wildman–Crippen MR) is 117 cm³/mol. The number of hydrogen-bond donors (Lipinski definition) is 1. The minimum absolute atomic E-state index is 0.0885. The number of benzene rings is 2. The van der Waals surface area contributed by atoms with Crippen LogP contribution in [0.3, 0.4) is 0 Å². The molecule has 33 heavy (non-hydrogen) atoms. The molecule has 2 aliphatic rings. The van der Waals surface area contributed by atoms with E-state index in [4.69, 9.17) is 9.59 Å². The number of aryl methyl sites for hydroxylation is 1. The Kier molecular flexibility index (Phi) is 5.62. The zero-order valence-corrected chi connectivity index (χ0v) is 18.3. The van der Waals surface area contributed by atoms with Crippen molar-refractivity contribution in [1.29, 1.82) is 5.41 Å². The van der Waals surface area contributed by atoms with E-state index in [1.807, 2.05) is 0 Å². The lowest BCUT2D eigenvalue weighted by Crippen LogP contribution is -2.35. The third kappa shape index (κ3) is 4.54. The molecule has 0 fully saturated rings. The summed E-state index contributed by atoms with van der Waals surface area (Å²) in [7, 11) is -4.21. The summed E-state index contributed by atoms with van der Waals surface area (Å²) in [6, 6.07) is 11.8. The fourth-order valence-electron chi connectivity index (χ4n) is 2.81. The molecule has 1 N–H and O–H groups in total. The van der Waals surface area contributed by atoms with Gasteiger partial charge in [0, 0.05) is 5.56 Å². The number of amides is 1. The van der Waals surface area contributed by atoms with Crippen molar-refractivity contribution < 1.29 is 30.6 Å². The molecule has 0 aliphatic carbocycles. The van der Waals surface area contributed by atoms with Gasteiger partial charge in [-0.15, -0.1) is 0 Å². The number of nitrogens with one attached hydrogen (secondary N) is 1. The molecule has 2 aromatic rings. The maximum atomic E-state index is 13.0. The van der Waals surface area contributed by atoms with Crippen molar-refractivity contribution in [1.82, 2.24) is 5.01 Å². The van der Waals surface area contributed by atoms with Crippen molar-refractivity contribution in [3.63, 3.8) is 0 Å². The molecule has 0 radical (unpaired) electrons. The van der Waals surface area contributed by atoms with Gasteiger partial charge in [0.05, 0.1) is 5.57 Å². The summed E-state index contributed by atoms with van der Waals surface area (Å²) in [6.45, 7) is 1.79. The fraction of sp³-hybridized carbons (Fsp3) is 0.100. The minimum Gasteiger partial charge on any atom is -0.378 e. The van der Waals surface area contributed by atoms with Crippen LogP contribution < -0.4 is 4.18 Å². The average Bonchev–Trinajstić information content (AvgIpc) is 3.17. The van der Waals surface area contributed by atoms with E-state index >= 15 is 0 Å². The topological polar surface area (TPSA) is 112 Å². The first kappa shape index (κ1) is 22.7. The molecule has 4 rings (SSSR count). The maximum Gasteiger partial charge on any atom is 0.441 e. The first-order valence-corrected chi connectivity index (χ1v) is 11.4. The van der Waals surface area contributed by atoms with Crippen molar-refractivity contribution in [2.24, 2.45) is 10.1 Å². The van der Waals surface area contributed by atoms with Crippen LogP contribution in [0.4, 0.5) is 13.2 Å². The van der Waals surface area contributed by atoms with Crippen LogP contribution in [0.5, 0.6) is 5.75 Å². The van der Waals surface area contributed by atoms with Gasteiger partial charge in [-0.1, -0.05) is 35.9 Å². The predicted octanol–water partition coefficient (Wildman–Crippen LogP) is 3.94. The lowest BCUT2D eigenvalue weighted by atomic mass is 10.1. The molecular weight excluding hydrogens is 481 g/mol. The van der Waals surface area contributed by atoms with E-state index < -0.39 is 33.1 Å². The lowest BCUT2D eigenvalue weighted by Gasteiger charge is -2.20. The largest absolute Gasteiger partial charge is 0.441 e. The second-order valence-electron chi connectivity index (χ2n) is 6.81. The van der Waals surface area contributed by atoms with E-state index in [9.17, 15) is 26.4 Å². The Morgan fingerprint density at radius 1 is 1.12 bits per heavy atom. The van der Waals surface area contributed by atoms with Crippen LogP contribution >= 0.6 is 11.8 Å². The highest BCUT2D eigenvalue weighted by molar-refractivity contribution is 8.27. The number of carbonyl (C=O) groups excluding carboxylic acids is 1. The number of carbonyl (C=O) groups is 1. The van der Waals surface area contributed by atoms with E-state index in [1.165, 1.54) is 36.4 Å². The average molecular weight is 494 g/mol. The second kappa shape index (κ2) is 8.15. The number of amidine groups is 2. The number of hydrogen-bond acceptors (Lipinski definition) is 7. The molecule has 0 bridgehead atoms. The zero-order chi connectivity index (χ0) is 24.0. The summed E-state index contributed by atoms with van der Waals surface area (Å²) in [4.78, 5) is 15.9. The van der Waals surface area contributed by atoms with Crippen molar-refractivity contribution in [2.75, 3.05) is 0 Å². The van der Waals surface area contributed by atoms with E-state index in [-0.39, 0.29) is 38.7 Å². The molecule has 0 aromatic heterocycles. The van der Waals surface area contributed by atoms with Crippen LogP contribution in [-0.4, -0.2) is 41.6 Å². The fourth-order valence-corrected chi connectivity index (χ4v) is 4.52. The number of rotatable bonds is 4. The van der Waals surface area contributed by atoms with Gasteiger partial charge in [0.1, 0.15) is 10.6 Å². The highest BCUT2D eigenvalue weighted by Crippen LogP contribution is 2.36. The van der Waals surface area contributed by atoms with Crippen LogP contribution in [0.15, 0.2) is 69.1 Å². The van der Waals surface area contributed by atoms with Crippen LogP contribution in [-0.2, 0) is 14.9 Å². The Morgan fingerprint density at radius 2 is 1.79 bits per heavy atom. The van der Waals surface area contributed by atoms with Gasteiger partial charge in [0.25, 0.3) is 5.91 Å². The Hall–Kier alpha value is -3.45. The smallest absolute Gasteiger partial charge is 0.378 e. The van der Waals surface area contributed by atoms with E-state index in [0.29, 0.717) is 5.01 Å². The highest BCUT2D eigenvalue weighted by Gasteiger charge is 2.46. The standard InChI is InChI=1S/C20H13F3N4O4S2/c1-11-6-8-13(9-7-11)33(29,30)31-15-5-3-2-4-12(15)10-14-16(24)27-19(25-17(14)28)32-18(26-27)20(21,22)23/h2-10,24H,1H3. The number of hydrazone groups is 1. The molecule has 2 aliphatic heterocycles. The van der Waals surface area contributed by atoms with E-state index in [0.717, 1.165) is 11.6 Å². The second-order valence-corrected chi connectivity index (χ2v) is 9.31. The molecule has 170 valence electrons. The molecule has 0 saturated heterocycles. The molecular formula is C20H13F3N4O4S2. The zero-order valence-electron chi connectivity index (χ0n) is 16.6. The molecule has 0 saturated carbocycles. The van der Waals surface area contributed by atoms with Gasteiger partial charge in [-0.3, -0.25) is 10.2 Å². The van der Waals surface area contributed by atoms with Gasteiger partial charge in [-0.05, 0) is 43.0 Å². The molecule has 0 spiro atoms. The Morgan fingerprint density at radius 3 is 2.45 bits per heavy atom. The summed E-state index contributed by atoms with van der Waals surface area (Å²) in [5.41, 5.74) is 0.576. The number of nitrogens with zero attached hydrogens (tertiary/aromatic N) is 3. The Balaban J connectivity index is 1.68. The summed E-state index contributed by atoms with van der Waals surface area (Å²) < 4.78 is 69.4. The van der Waals surface area contributed by atoms with Gasteiger partial charge < -0.3 is 4.18 Å². The summed E-state index contributed by atoms with van der Waals surface area (Å²) in [5, 5.41) is 10.5. The van der Waals surface area contributed by atoms with E-state index in [2.05, 4.69) is 10.1 Å². The Labute approximate surface area is 190 Å². The molecule has 2 heterocycles. The van der Waals surface area contributed by atoms with Gasteiger partial charge in [0.2, 0.25) is 10.2 Å². The van der Waals surface area contributed by atoms with Crippen molar-refractivity contribution in [3.05, 3.63) is 65.2 Å². The normalized spacial score (nSPS) is 17.7. The first-order chi connectivity index (χ1) is 15.5. The minimum atomic E-state index is -4.76. The quantitative estimate of drug-likeness (QED) is 0.509. The molecule has 2 aromatic carbocycles. The van der Waals surface area contributed by atoms with Gasteiger partial charge >= 0.3 is 16.3 Å². The van der Waals surface area contributed by atoms with Crippen LogP contribution in [0.25, 0.3) is 6.08 Å². The molecule has 8 nitrogen and oxygen atoms in total. The molecule has 13 heteroatoms. The van der Waals surface area contributed by atoms with Gasteiger partial charge in [-0.25, -0.2) is 0 Å². The number of fused-ring (bicyclic) bond motifs is 1. The monoisotopic (exact) mass is 494 g/mol. The highest BCUT2D eigenvalue weighted by atomic mass is 32.2. The lowest BCUT2D eigenvalue weighted by molar-refractivity contribution is -0.114. The first-order valence-electron chi connectivity index (χ1n) is 9.13. The Bertz CT molecular complexity index is 1360. The summed E-state index contributed by atoms with van der Waals surface area (Å²) in [6.07, 6.45) is -3.64. The van der Waals surface area contributed by atoms with Gasteiger partial charge in [0.15, 0.2) is 5.84 Å².